The largest absolute Gasteiger partial charge is 0.466 e. The number of allylic oxidation sites excluding steroid dienone is 3. The molecule has 2 aliphatic rings. The average Bonchev–Trinajstić information content (AvgIpc) is 2.52. The van der Waals surface area contributed by atoms with Crippen LogP contribution >= 0.6 is 0 Å². The fourth-order valence-corrected chi connectivity index (χ4v) is 3.95. The van der Waals surface area contributed by atoms with Crippen molar-refractivity contribution in [3.05, 3.63) is 52.6 Å². The van der Waals surface area contributed by atoms with Crippen LogP contribution in [0.25, 0.3) is 0 Å². The van der Waals surface area contributed by atoms with Crippen molar-refractivity contribution in [3.8, 4) is 0 Å². The van der Waals surface area contributed by atoms with Crippen molar-refractivity contribution in [2.75, 3.05) is 7.11 Å². The van der Waals surface area contributed by atoms with Crippen molar-refractivity contribution in [1.29, 1.82) is 0 Å². The van der Waals surface area contributed by atoms with Crippen LogP contribution < -0.4 is 5.32 Å². The van der Waals surface area contributed by atoms with Crippen molar-refractivity contribution in [3.63, 3.8) is 0 Å². The molecule has 0 amide bonds. The van der Waals surface area contributed by atoms with E-state index >= 15 is 0 Å². The van der Waals surface area contributed by atoms with Crippen LogP contribution in [0.3, 0.4) is 0 Å². The molecule has 0 saturated heterocycles. The molecule has 126 valence electrons. The second kappa shape index (κ2) is 5.89. The summed E-state index contributed by atoms with van der Waals surface area (Å²) in [6.45, 7) is 5.98. The highest BCUT2D eigenvalue weighted by Crippen LogP contribution is 2.50. The SMILES string of the molecule is COC(=O)C1=C(C)NC2=C(C1c1ccncc1)C(C)(C)CC(=O)C2. The molecule has 0 radical (unpaired) electrons. The lowest BCUT2D eigenvalue weighted by molar-refractivity contribution is -0.136. The van der Waals surface area contributed by atoms with E-state index in [9.17, 15) is 9.59 Å². The van der Waals surface area contributed by atoms with Gasteiger partial charge < -0.3 is 10.1 Å². The summed E-state index contributed by atoms with van der Waals surface area (Å²) in [7, 11) is 1.39. The quantitative estimate of drug-likeness (QED) is 0.847. The van der Waals surface area contributed by atoms with Gasteiger partial charge in [0.05, 0.1) is 12.7 Å². The first-order valence-electron chi connectivity index (χ1n) is 8.06. The van der Waals surface area contributed by atoms with Crippen molar-refractivity contribution in [2.45, 2.75) is 39.5 Å². The fraction of sp³-hybridized carbons (Fsp3) is 0.421. The minimum atomic E-state index is -0.346. The molecule has 1 aliphatic carbocycles. The maximum Gasteiger partial charge on any atom is 0.336 e. The van der Waals surface area contributed by atoms with Gasteiger partial charge in [0.2, 0.25) is 0 Å². The Bertz CT molecular complexity index is 760. The summed E-state index contributed by atoms with van der Waals surface area (Å²) < 4.78 is 5.04. The van der Waals surface area contributed by atoms with E-state index in [2.05, 4.69) is 24.1 Å². The molecule has 24 heavy (non-hydrogen) atoms. The molecule has 0 spiro atoms. The van der Waals surface area contributed by atoms with Crippen LogP contribution in [0, 0.1) is 5.41 Å². The molecule has 2 heterocycles. The van der Waals surface area contributed by atoms with Gasteiger partial charge in [-0.05, 0) is 35.6 Å². The minimum absolute atomic E-state index is 0.217. The number of ketones is 1. The van der Waals surface area contributed by atoms with Gasteiger partial charge in [0.25, 0.3) is 0 Å². The Morgan fingerprint density at radius 3 is 2.62 bits per heavy atom. The zero-order chi connectivity index (χ0) is 17.5. The molecule has 5 heteroatoms. The highest BCUT2D eigenvalue weighted by Gasteiger charge is 2.44. The van der Waals surface area contributed by atoms with E-state index in [1.165, 1.54) is 7.11 Å². The van der Waals surface area contributed by atoms with Gasteiger partial charge in [0.1, 0.15) is 5.78 Å². The summed E-state index contributed by atoms with van der Waals surface area (Å²) in [4.78, 5) is 28.7. The van der Waals surface area contributed by atoms with Gasteiger partial charge >= 0.3 is 5.97 Å². The second-order valence-corrected chi connectivity index (χ2v) is 7.04. The Labute approximate surface area is 141 Å². The fourth-order valence-electron chi connectivity index (χ4n) is 3.95. The number of methoxy groups -OCH3 is 1. The number of hydrogen-bond acceptors (Lipinski definition) is 5. The predicted octanol–water partition coefficient (Wildman–Crippen LogP) is 2.86. The average molecular weight is 326 g/mol. The summed E-state index contributed by atoms with van der Waals surface area (Å²) >= 11 is 0. The number of pyridine rings is 1. The molecule has 0 saturated carbocycles. The maximum absolute atomic E-state index is 12.5. The van der Waals surface area contributed by atoms with Gasteiger partial charge in [0.15, 0.2) is 0 Å². The number of Topliss-reactive ketones (excluding diaryl/α,β-unsaturated/α-hetero) is 1. The first-order chi connectivity index (χ1) is 11.3. The predicted molar refractivity (Wildman–Crippen MR) is 89.9 cm³/mol. The summed E-state index contributed by atoms with van der Waals surface area (Å²) in [6.07, 6.45) is 4.31. The lowest BCUT2D eigenvalue weighted by Crippen LogP contribution is -2.39. The first kappa shape index (κ1) is 16.4. The van der Waals surface area contributed by atoms with E-state index in [0.29, 0.717) is 18.4 Å². The third-order valence-corrected chi connectivity index (χ3v) is 4.83. The van der Waals surface area contributed by atoms with Gasteiger partial charge in [-0.2, -0.15) is 0 Å². The maximum atomic E-state index is 12.5. The van der Waals surface area contributed by atoms with Gasteiger partial charge in [-0.3, -0.25) is 9.78 Å². The van der Waals surface area contributed by atoms with E-state index in [1.54, 1.807) is 12.4 Å². The van der Waals surface area contributed by atoms with Crippen LogP contribution in [-0.4, -0.2) is 23.8 Å². The molecular weight excluding hydrogens is 304 g/mol. The Morgan fingerprint density at radius 2 is 2.00 bits per heavy atom. The standard InChI is InChI=1S/C19H22N2O3/c1-11-15(18(23)24-4)16(12-5-7-20-8-6-12)17-14(21-11)9-13(22)10-19(17,2)3/h5-8,16,21H,9-10H2,1-4H3. The Morgan fingerprint density at radius 1 is 1.33 bits per heavy atom. The number of esters is 1. The van der Waals surface area contributed by atoms with Gasteiger partial charge in [-0.15, -0.1) is 0 Å². The van der Waals surface area contributed by atoms with Crippen LogP contribution in [0.1, 0.15) is 45.1 Å². The summed E-state index contributed by atoms with van der Waals surface area (Å²) in [5.74, 6) is -0.352. The highest BCUT2D eigenvalue weighted by atomic mass is 16.5. The second-order valence-electron chi connectivity index (χ2n) is 7.04. The van der Waals surface area contributed by atoms with Gasteiger partial charge in [0, 0.05) is 42.5 Å². The zero-order valence-corrected chi connectivity index (χ0v) is 14.5. The molecule has 1 aromatic heterocycles. The minimum Gasteiger partial charge on any atom is -0.466 e. The summed E-state index contributed by atoms with van der Waals surface area (Å²) in [6, 6.07) is 3.84. The van der Waals surface area contributed by atoms with Crippen LogP contribution in [0.4, 0.5) is 0 Å². The molecular formula is C19H22N2O3. The zero-order valence-electron chi connectivity index (χ0n) is 14.5. The van der Waals surface area contributed by atoms with Gasteiger partial charge in [-0.25, -0.2) is 4.79 Å². The molecule has 3 rings (SSSR count). The summed E-state index contributed by atoms with van der Waals surface area (Å²) in [5, 5.41) is 3.29. The van der Waals surface area contributed by atoms with E-state index in [4.69, 9.17) is 4.74 Å². The van der Waals surface area contributed by atoms with Crippen molar-refractivity contribution >= 4 is 11.8 Å². The number of aromatic nitrogens is 1. The smallest absolute Gasteiger partial charge is 0.336 e. The highest BCUT2D eigenvalue weighted by molar-refractivity contribution is 5.94. The Hall–Kier alpha value is -2.43. The van der Waals surface area contributed by atoms with Crippen LogP contribution in [0.15, 0.2) is 47.1 Å². The molecule has 1 aliphatic heterocycles. The Kier molecular flexibility index (Phi) is 4.03. The molecule has 1 unspecified atom stereocenters. The van der Waals surface area contributed by atoms with Crippen LogP contribution in [0.2, 0.25) is 0 Å². The molecule has 5 nitrogen and oxygen atoms in total. The third kappa shape index (κ3) is 2.64. The molecule has 1 atom stereocenters. The topological polar surface area (TPSA) is 68.3 Å². The molecule has 1 N–H and O–H groups in total. The van der Waals surface area contributed by atoms with Crippen molar-refractivity contribution < 1.29 is 14.3 Å². The number of rotatable bonds is 2. The normalized spacial score (nSPS) is 22.8. The van der Waals surface area contributed by atoms with E-state index in [1.807, 2.05) is 19.1 Å². The molecule has 1 aromatic rings. The summed E-state index contributed by atoms with van der Waals surface area (Å²) in [5.41, 5.74) is 4.02. The van der Waals surface area contributed by atoms with Crippen molar-refractivity contribution in [2.24, 2.45) is 5.41 Å². The molecule has 0 fully saturated rings. The number of nitrogens with zero attached hydrogens (tertiary/aromatic N) is 1. The first-order valence-corrected chi connectivity index (χ1v) is 8.06. The number of carbonyl (C=O) groups is 2. The molecule has 0 bridgehead atoms. The van der Waals surface area contributed by atoms with E-state index in [-0.39, 0.29) is 23.1 Å². The third-order valence-electron chi connectivity index (χ3n) is 4.83. The number of carbonyl (C=O) groups excluding carboxylic acids is 2. The van der Waals surface area contributed by atoms with Gasteiger partial charge in [-0.1, -0.05) is 13.8 Å². The Balaban J connectivity index is 2.23. The number of nitrogens with one attached hydrogen (secondary N) is 1. The van der Waals surface area contributed by atoms with Crippen LogP contribution in [0.5, 0.6) is 0 Å². The monoisotopic (exact) mass is 326 g/mol. The number of hydrogen-bond donors (Lipinski definition) is 1. The molecule has 0 aromatic carbocycles. The van der Waals surface area contributed by atoms with Crippen LogP contribution in [-0.2, 0) is 14.3 Å². The lowest BCUT2D eigenvalue weighted by Gasteiger charge is -2.43. The lowest BCUT2D eigenvalue weighted by atomic mass is 9.64. The number of dihydropyridines is 1. The van der Waals surface area contributed by atoms with E-state index < -0.39 is 0 Å². The number of ether oxygens (including phenoxy) is 1. The van der Waals surface area contributed by atoms with E-state index in [0.717, 1.165) is 22.5 Å². The van der Waals surface area contributed by atoms with Crippen molar-refractivity contribution in [1.82, 2.24) is 10.3 Å².